The topological polar surface area (TPSA) is 30.5 Å². The van der Waals surface area contributed by atoms with E-state index in [4.69, 9.17) is 9.47 Å². The maximum absolute atomic E-state index is 5.41. The first kappa shape index (κ1) is 18.5. The van der Waals surface area contributed by atoms with E-state index in [2.05, 4.69) is 61.6 Å². The zero-order chi connectivity index (χ0) is 17.4. The monoisotopic (exact) mass is 327 g/mol. The van der Waals surface area contributed by atoms with Crippen molar-refractivity contribution in [2.45, 2.75) is 32.4 Å². The molecule has 0 aliphatic rings. The van der Waals surface area contributed by atoms with Crippen molar-refractivity contribution < 1.29 is 9.47 Å². The van der Waals surface area contributed by atoms with Gasteiger partial charge in [0, 0.05) is 19.2 Å². The van der Waals surface area contributed by atoms with Gasteiger partial charge in [0.1, 0.15) is 5.75 Å². The second-order valence-corrected chi connectivity index (χ2v) is 6.49. The number of hydrogen-bond donors (Lipinski definition) is 1. The Balaban J connectivity index is 2.22. The molecule has 0 fully saturated rings. The Morgan fingerprint density at radius 1 is 0.917 bits per heavy atom. The van der Waals surface area contributed by atoms with Crippen molar-refractivity contribution in [1.29, 1.82) is 0 Å². The zero-order valence-corrected chi connectivity index (χ0v) is 15.2. The maximum Gasteiger partial charge on any atom is 0.118 e. The van der Waals surface area contributed by atoms with Crippen LogP contribution >= 0.6 is 0 Å². The first-order valence-corrected chi connectivity index (χ1v) is 8.57. The van der Waals surface area contributed by atoms with Gasteiger partial charge in [-0.05, 0) is 35.6 Å². The Bertz CT molecular complexity index is 581. The summed E-state index contributed by atoms with van der Waals surface area (Å²) in [5.74, 6) is 1.39. The lowest BCUT2D eigenvalue weighted by Gasteiger charge is -2.28. The van der Waals surface area contributed by atoms with Crippen molar-refractivity contribution in [3.63, 3.8) is 0 Å². The molecule has 3 heteroatoms. The fraction of sp³-hybridized carbons (Fsp3) is 0.429. The minimum Gasteiger partial charge on any atom is -0.497 e. The molecular formula is C21H29NO2. The van der Waals surface area contributed by atoms with Crippen LogP contribution in [0.15, 0.2) is 54.6 Å². The summed E-state index contributed by atoms with van der Waals surface area (Å²) in [6.45, 7) is 5.16. The van der Waals surface area contributed by atoms with Crippen LogP contribution in [-0.4, -0.2) is 26.9 Å². The summed E-state index contributed by atoms with van der Waals surface area (Å²) >= 11 is 0. The number of methoxy groups -OCH3 is 2. The molecule has 0 aliphatic carbocycles. The number of ether oxygens (including phenoxy) is 2. The standard InChI is InChI=1S/C21H29NO2/c1-16(2)21(15-23-3)22-20(14-17-8-6-5-7-9-17)18-10-12-19(24-4)13-11-18/h5-13,16,20-22H,14-15H2,1-4H3/t20-,21-/m1/s1. The minimum absolute atomic E-state index is 0.237. The van der Waals surface area contributed by atoms with E-state index in [0.717, 1.165) is 12.2 Å². The van der Waals surface area contributed by atoms with Gasteiger partial charge in [-0.1, -0.05) is 56.3 Å². The number of benzene rings is 2. The number of rotatable bonds is 9. The van der Waals surface area contributed by atoms with Gasteiger partial charge in [-0.2, -0.15) is 0 Å². The second-order valence-electron chi connectivity index (χ2n) is 6.49. The van der Waals surface area contributed by atoms with E-state index in [1.54, 1.807) is 14.2 Å². The van der Waals surface area contributed by atoms with Crippen molar-refractivity contribution in [2.24, 2.45) is 5.92 Å². The highest BCUT2D eigenvalue weighted by atomic mass is 16.5. The van der Waals surface area contributed by atoms with Gasteiger partial charge in [0.2, 0.25) is 0 Å². The van der Waals surface area contributed by atoms with Crippen molar-refractivity contribution >= 4 is 0 Å². The highest BCUT2D eigenvalue weighted by Gasteiger charge is 2.20. The van der Waals surface area contributed by atoms with Gasteiger partial charge in [-0.3, -0.25) is 0 Å². The molecule has 130 valence electrons. The van der Waals surface area contributed by atoms with E-state index in [9.17, 15) is 0 Å². The van der Waals surface area contributed by atoms with Gasteiger partial charge in [0.15, 0.2) is 0 Å². The summed E-state index contributed by atoms with van der Waals surface area (Å²) in [5, 5.41) is 3.79. The molecule has 0 bridgehead atoms. The Labute approximate surface area is 146 Å². The fourth-order valence-corrected chi connectivity index (χ4v) is 2.83. The molecule has 1 N–H and O–H groups in total. The SMILES string of the molecule is COC[C@@H](N[C@H](Cc1ccccc1)c1ccc(OC)cc1)C(C)C. The van der Waals surface area contributed by atoms with E-state index >= 15 is 0 Å². The largest absolute Gasteiger partial charge is 0.497 e. The van der Waals surface area contributed by atoms with E-state index in [1.807, 2.05) is 12.1 Å². The van der Waals surface area contributed by atoms with Crippen molar-refractivity contribution in [3.8, 4) is 5.75 Å². The molecule has 3 nitrogen and oxygen atoms in total. The summed E-state index contributed by atoms with van der Waals surface area (Å²) in [6.07, 6.45) is 0.945. The molecule has 2 aromatic rings. The Morgan fingerprint density at radius 3 is 2.12 bits per heavy atom. The van der Waals surface area contributed by atoms with Crippen LogP contribution < -0.4 is 10.1 Å². The van der Waals surface area contributed by atoms with Crippen LogP contribution in [0.3, 0.4) is 0 Å². The van der Waals surface area contributed by atoms with E-state index < -0.39 is 0 Å². The lowest BCUT2D eigenvalue weighted by molar-refractivity contribution is 0.140. The highest BCUT2D eigenvalue weighted by molar-refractivity contribution is 5.30. The Morgan fingerprint density at radius 2 is 1.58 bits per heavy atom. The fourth-order valence-electron chi connectivity index (χ4n) is 2.83. The molecule has 0 unspecified atom stereocenters. The highest BCUT2D eigenvalue weighted by Crippen LogP contribution is 2.23. The Hall–Kier alpha value is -1.84. The first-order chi connectivity index (χ1) is 11.6. The van der Waals surface area contributed by atoms with Crippen LogP contribution in [0.1, 0.15) is 31.0 Å². The predicted molar refractivity (Wildman–Crippen MR) is 99.5 cm³/mol. The van der Waals surface area contributed by atoms with Crippen LogP contribution in [-0.2, 0) is 11.2 Å². The summed E-state index contributed by atoms with van der Waals surface area (Å²) in [6, 6.07) is 19.5. The molecule has 0 saturated heterocycles. The number of nitrogens with one attached hydrogen (secondary N) is 1. The lowest BCUT2D eigenvalue weighted by atomic mass is 9.95. The average Bonchev–Trinajstić information content (AvgIpc) is 2.61. The van der Waals surface area contributed by atoms with E-state index in [0.29, 0.717) is 18.6 Å². The number of hydrogen-bond acceptors (Lipinski definition) is 3. The molecule has 0 heterocycles. The van der Waals surface area contributed by atoms with Gasteiger partial charge in [-0.25, -0.2) is 0 Å². The van der Waals surface area contributed by atoms with Gasteiger partial charge in [0.05, 0.1) is 13.7 Å². The van der Waals surface area contributed by atoms with Crippen molar-refractivity contribution in [1.82, 2.24) is 5.32 Å². The third kappa shape index (κ3) is 5.36. The lowest BCUT2D eigenvalue weighted by Crippen LogP contribution is -2.40. The predicted octanol–water partition coefficient (Wildman–Crippen LogP) is 4.24. The first-order valence-electron chi connectivity index (χ1n) is 8.57. The normalized spacial score (nSPS) is 13.7. The van der Waals surface area contributed by atoms with Crippen molar-refractivity contribution in [2.75, 3.05) is 20.8 Å². The molecule has 2 atom stereocenters. The minimum atomic E-state index is 0.237. The average molecular weight is 327 g/mol. The molecule has 24 heavy (non-hydrogen) atoms. The third-order valence-electron chi connectivity index (χ3n) is 4.37. The van der Waals surface area contributed by atoms with Gasteiger partial charge in [-0.15, -0.1) is 0 Å². The second kappa shape index (κ2) is 9.45. The van der Waals surface area contributed by atoms with Crippen LogP contribution in [0.25, 0.3) is 0 Å². The molecule has 0 amide bonds. The van der Waals surface area contributed by atoms with Crippen LogP contribution in [0.4, 0.5) is 0 Å². The van der Waals surface area contributed by atoms with E-state index in [1.165, 1.54) is 11.1 Å². The third-order valence-corrected chi connectivity index (χ3v) is 4.37. The molecule has 2 aromatic carbocycles. The summed E-state index contributed by atoms with van der Waals surface area (Å²) < 4.78 is 10.7. The van der Waals surface area contributed by atoms with Crippen LogP contribution in [0.2, 0.25) is 0 Å². The molecule has 0 aromatic heterocycles. The molecular weight excluding hydrogens is 298 g/mol. The van der Waals surface area contributed by atoms with E-state index in [-0.39, 0.29) is 6.04 Å². The molecule has 0 saturated carbocycles. The van der Waals surface area contributed by atoms with Crippen LogP contribution in [0.5, 0.6) is 5.75 Å². The summed E-state index contributed by atoms with van der Waals surface area (Å²) in [7, 11) is 3.46. The summed E-state index contributed by atoms with van der Waals surface area (Å²) in [5.41, 5.74) is 2.59. The van der Waals surface area contributed by atoms with Gasteiger partial charge < -0.3 is 14.8 Å². The smallest absolute Gasteiger partial charge is 0.118 e. The van der Waals surface area contributed by atoms with Gasteiger partial charge in [0.25, 0.3) is 0 Å². The maximum atomic E-state index is 5.41. The van der Waals surface area contributed by atoms with Gasteiger partial charge >= 0.3 is 0 Å². The Kier molecular flexibility index (Phi) is 7.29. The molecule has 2 rings (SSSR count). The molecule has 0 aliphatic heterocycles. The molecule has 0 spiro atoms. The zero-order valence-electron chi connectivity index (χ0n) is 15.2. The molecule has 0 radical (unpaired) electrons. The van der Waals surface area contributed by atoms with Crippen molar-refractivity contribution in [3.05, 3.63) is 65.7 Å². The quantitative estimate of drug-likeness (QED) is 0.747. The summed E-state index contributed by atoms with van der Waals surface area (Å²) in [4.78, 5) is 0. The van der Waals surface area contributed by atoms with Crippen LogP contribution in [0, 0.1) is 5.92 Å².